The van der Waals surface area contributed by atoms with Crippen LogP contribution >= 0.6 is 23.2 Å². The monoisotopic (exact) mass is 514 g/mol. The number of hydrogen-bond acceptors (Lipinski definition) is 6. The molecule has 1 fully saturated rings. The SMILES string of the molecule is Cn1c(=O)n(C)c2cc(NC(=O)C3CCN(Cc4nc(-c5ccc(Cl)cc5Cl)no4)CC3)ccc21. The Balaban J connectivity index is 1.17. The summed E-state index contributed by atoms with van der Waals surface area (Å²) in [5, 5.41) is 8.06. The van der Waals surface area contributed by atoms with E-state index in [2.05, 4.69) is 20.4 Å². The Kier molecular flexibility index (Phi) is 6.39. The quantitative estimate of drug-likeness (QED) is 0.430. The first-order valence-corrected chi connectivity index (χ1v) is 12.0. The third-order valence-electron chi connectivity index (χ3n) is 6.50. The summed E-state index contributed by atoms with van der Waals surface area (Å²) in [5.74, 6) is 0.814. The van der Waals surface area contributed by atoms with Gasteiger partial charge in [0.1, 0.15) is 0 Å². The van der Waals surface area contributed by atoms with E-state index in [0.29, 0.717) is 39.6 Å². The molecule has 3 heterocycles. The lowest BCUT2D eigenvalue weighted by molar-refractivity contribution is -0.121. The number of aromatic nitrogens is 4. The summed E-state index contributed by atoms with van der Waals surface area (Å²) in [4.78, 5) is 31.7. The van der Waals surface area contributed by atoms with E-state index in [1.54, 1.807) is 41.4 Å². The predicted octanol–water partition coefficient (Wildman–Crippen LogP) is 4.08. The molecule has 1 aliphatic rings. The van der Waals surface area contributed by atoms with Crippen molar-refractivity contribution in [1.29, 1.82) is 0 Å². The topological polar surface area (TPSA) is 98.2 Å². The number of halogens is 2. The Morgan fingerprint density at radius 3 is 2.57 bits per heavy atom. The summed E-state index contributed by atoms with van der Waals surface area (Å²) in [6.45, 7) is 1.98. The molecular formula is C24H24Cl2N6O3. The van der Waals surface area contributed by atoms with E-state index < -0.39 is 0 Å². The maximum atomic E-state index is 12.9. The summed E-state index contributed by atoms with van der Waals surface area (Å²) >= 11 is 12.2. The van der Waals surface area contributed by atoms with Crippen LogP contribution in [0.25, 0.3) is 22.4 Å². The van der Waals surface area contributed by atoms with Crippen LogP contribution in [0.15, 0.2) is 45.7 Å². The molecule has 1 saturated heterocycles. The van der Waals surface area contributed by atoms with Crippen LogP contribution in [0, 0.1) is 5.92 Å². The second kappa shape index (κ2) is 9.49. The normalized spacial score (nSPS) is 15.1. The van der Waals surface area contributed by atoms with Crippen molar-refractivity contribution in [3.05, 3.63) is 62.8 Å². The van der Waals surface area contributed by atoms with E-state index in [1.165, 1.54) is 0 Å². The van der Waals surface area contributed by atoms with Crippen LogP contribution in [0.3, 0.4) is 0 Å². The van der Waals surface area contributed by atoms with Gasteiger partial charge in [-0.15, -0.1) is 0 Å². The number of hydrogen-bond donors (Lipinski definition) is 1. The minimum absolute atomic E-state index is 0.0117. The van der Waals surface area contributed by atoms with Gasteiger partial charge in [0.15, 0.2) is 0 Å². The van der Waals surface area contributed by atoms with Gasteiger partial charge in [0, 0.05) is 36.3 Å². The van der Waals surface area contributed by atoms with Crippen molar-refractivity contribution in [3.8, 4) is 11.4 Å². The largest absolute Gasteiger partial charge is 0.338 e. The molecule has 0 atom stereocenters. The fourth-order valence-electron chi connectivity index (χ4n) is 4.47. The number of imidazole rings is 1. The van der Waals surface area contributed by atoms with Crippen molar-refractivity contribution in [1.82, 2.24) is 24.2 Å². The number of fused-ring (bicyclic) bond motifs is 1. The van der Waals surface area contributed by atoms with Gasteiger partial charge in [-0.1, -0.05) is 28.4 Å². The van der Waals surface area contributed by atoms with Crippen molar-refractivity contribution in [2.75, 3.05) is 18.4 Å². The average molecular weight is 515 g/mol. The standard InChI is InChI=1S/C24H24Cl2N6O3/c1-30-19-6-4-16(12-20(19)31(2)24(30)34)27-23(33)14-7-9-32(10-8-14)13-21-28-22(29-35-21)17-5-3-15(25)11-18(17)26/h3-6,11-12,14H,7-10,13H2,1-2H3,(H,27,33). The van der Waals surface area contributed by atoms with Gasteiger partial charge in [0.25, 0.3) is 0 Å². The molecule has 9 nitrogen and oxygen atoms in total. The lowest BCUT2D eigenvalue weighted by atomic mass is 9.96. The number of carbonyl (C=O) groups excluding carboxylic acids is 1. The van der Waals surface area contributed by atoms with Crippen molar-refractivity contribution in [2.24, 2.45) is 20.0 Å². The van der Waals surface area contributed by atoms with Crippen molar-refractivity contribution >= 4 is 45.8 Å². The average Bonchev–Trinajstić information content (AvgIpc) is 3.38. The maximum absolute atomic E-state index is 12.9. The summed E-state index contributed by atoms with van der Waals surface area (Å²) in [5.41, 5.74) is 2.86. The number of amides is 1. The Hall–Kier alpha value is -3.14. The van der Waals surface area contributed by atoms with Crippen LogP contribution in [0.4, 0.5) is 5.69 Å². The molecule has 0 bridgehead atoms. The lowest BCUT2D eigenvalue weighted by Crippen LogP contribution is -2.37. The van der Waals surface area contributed by atoms with Gasteiger partial charge in [-0.05, 0) is 62.3 Å². The highest BCUT2D eigenvalue weighted by atomic mass is 35.5. The number of aryl methyl sites for hydroxylation is 2. The summed E-state index contributed by atoms with van der Waals surface area (Å²) < 4.78 is 8.58. The number of likely N-dealkylation sites (tertiary alicyclic amines) is 1. The Bertz CT molecular complexity index is 1470. The number of piperidine rings is 1. The highest BCUT2D eigenvalue weighted by molar-refractivity contribution is 6.36. The number of nitrogens with zero attached hydrogens (tertiary/aromatic N) is 5. The molecule has 4 aromatic rings. The molecule has 5 rings (SSSR count). The first kappa shape index (κ1) is 23.6. The molecule has 1 amide bonds. The van der Waals surface area contributed by atoms with E-state index in [-0.39, 0.29) is 17.5 Å². The predicted molar refractivity (Wildman–Crippen MR) is 135 cm³/mol. The third-order valence-corrected chi connectivity index (χ3v) is 7.04. The summed E-state index contributed by atoms with van der Waals surface area (Å²) in [6.07, 6.45) is 1.45. The number of benzene rings is 2. The minimum atomic E-state index is -0.0968. The molecule has 35 heavy (non-hydrogen) atoms. The van der Waals surface area contributed by atoms with Crippen LogP contribution in [0.5, 0.6) is 0 Å². The summed E-state index contributed by atoms with van der Waals surface area (Å²) in [7, 11) is 3.46. The molecule has 1 aliphatic heterocycles. The fraction of sp³-hybridized carbons (Fsp3) is 0.333. The molecule has 2 aromatic heterocycles. The molecule has 11 heteroatoms. The van der Waals surface area contributed by atoms with E-state index in [1.807, 2.05) is 18.2 Å². The highest BCUT2D eigenvalue weighted by Crippen LogP contribution is 2.29. The molecule has 0 unspecified atom stereocenters. The van der Waals surface area contributed by atoms with Gasteiger partial charge < -0.3 is 9.84 Å². The zero-order chi connectivity index (χ0) is 24.7. The number of anilines is 1. The Labute approximate surface area is 211 Å². The van der Waals surface area contributed by atoms with Gasteiger partial charge >= 0.3 is 5.69 Å². The van der Waals surface area contributed by atoms with Gasteiger partial charge in [-0.3, -0.25) is 18.8 Å². The van der Waals surface area contributed by atoms with E-state index in [0.717, 1.165) is 37.0 Å². The highest BCUT2D eigenvalue weighted by Gasteiger charge is 2.26. The van der Waals surface area contributed by atoms with Crippen LogP contribution in [0.2, 0.25) is 10.0 Å². The summed E-state index contributed by atoms with van der Waals surface area (Å²) in [6, 6.07) is 10.7. The molecule has 0 radical (unpaired) electrons. The molecule has 2 aromatic carbocycles. The molecule has 0 aliphatic carbocycles. The molecule has 0 saturated carbocycles. The minimum Gasteiger partial charge on any atom is -0.338 e. The van der Waals surface area contributed by atoms with Gasteiger partial charge in [-0.25, -0.2) is 4.79 Å². The van der Waals surface area contributed by atoms with Crippen molar-refractivity contribution < 1.29 is 9.32 Å². The number of carbonyl (C=O) groups is 1. The fourth-order valence-corrected chi connectivity index (χ4v) is 4.97. The van der Waals surface area contributed by atoms with Gasteiger partial charge in [-0.2, -0.15) is 4.98 Å². The maximum Gasteiger partial charge on any atom is 0.328 e. The zero-order valence-electron chi connectivity index (χ0n) is 19.3. The van der Waals surface area contributed by atoms with E-state index >= 15 is 0 Å². The first-order chi connectivity index (χ1) is 16.8. The molecule has 0 spiro atoms. The lowest BCUT2D eigenvalue weighted by Gasteiger charge is -2.30. The zero-order valence-corrected chi connectivity index (χ0v) is 20.8. The molecule has 182 valence electrons. The Morgan fingerprint density at radius 1 is 1.09 bits per heavy atom. The second-order valence-corrected chi connectivity index (χ2v) is 9.62. The van der Waals surface area contributed by atoms with Crippen LogP contribution in [-0.4, -0.2) is 43.2 Å². The number of rotatable bonds is 5. The van der Waals surface area contributed by atoms with Gasteiger partial charge in [0.05, 0.1) is 22.6 Å². The first-order valence-electron chi connectivity index (χ1n) is 11.3. The van der Waals surface area contributed by atoms with Crippen LogP contribution < -0.4 is 11.0 Å². The second-order valence-electron chi connectivity index (χ2n) is 8.78. The Morgan fingerprint density at radius 2 is 1.83 bits per heavy atom. The smallest absolute Gasteiger partial charge is 0.328 e. The molecular weight excluding hydrogens is 491 g/mol. The van der Waals surface area contributed by atoms with Crippen LogP contribution in [-0.2, 0) is 25.4 Å². The molecule has 1 N–H and O–H groups in total. The van der Waals surface area contributed by atoms with Crippen molar-refractivity contribution in [3.63, 3.8) is 0 Å². The van der Waals surface area contributed by atoms with Gasteiger partial charge in [0.2, 0.25) is 17.6 Å². The van der Waals surface area contributed by atoms with E-state index in [9.17, 15) is 9.59 Å². The third kappa shape index (κ3) is 4.71. The van der Waals surface area contributed by atoms with Crippen molar-refractivity contribution in [2.45, 2.75) is 19.4 Å². The number of nitrogens with one attached hydrogen (secondary N) is 1. The van der Waals surface area contributed by atoms with E-state index in [4.69, 9.17) is 27.7 Å². The van der Waals surface area contributed by atoms with Crippen LogP contribution in [0.1, 0.15) is 18.7 Å².